The van der Waals surface area contributed by atoms with E-state index in [1.54, 1.807) is 0 Å². The van der Waals surface area contributed by atoms with Gasteiger partial charge in [0.1, 0.15) is 0 Å². The molecular formula is C60H44N2. The minimum Gasteiger partial charge on any atom is -0.228 e. The molecule has 1 saturated carbocycles. The highest BCUT2D eigenvalue weighted by atomic mass is 14.9. The molecule has 1 fully saturated rings. The second-order valence-corrected chi connectivity index (χ2v) is 17.2. The van der Waals surface area contributed by atoms with Crippen LogP contribution >= 0.6 is 0 Å². The van der Waals surface area contributed by atoms with E-state index in [0.29, 0.717) is 5.82 Å². The number of hydrogen-bond acceptors (Lipinski definition) is 2. The van der Waals surface area contributed by atoms with Crippen LogP contribution in [0.25, 0.3) is 100.0 Å². The lowest BCUT2D eigenvalue weighted by Crippen LogP contribution is -2.28. The van der Waals surface area contributed by atoms with E-state index in [1.807, 2.05) is 6.07 Å². The van der Waals surface area contributed by atoms with Gasteiger partial charge in [0.25, 0.3) is 0 Å². The Balaban J connectivity index is 0.989. The van der Waals surface area contributed by atoms with Crippen LogP contribution in [0.3, 0.4) is 0 Å². The highest BCUT2D eigenvalue weighted by molar-refractivity contribution is 6.06. The summed E-state index contributed by atoms with van der Waals surface area (Å²) in [4.78, 5) is 10.5. The summed E-state index contributed by atoms with van der Waals surface area (Å²) in [5.74, 6) is 0.712. The zero-order valence-electron chi connectivity index (χ0n) is 34.6. The summed E-state index contributed by atoms with van der Waals surface area (Å²) in [6.45, 7) is 0. The third-order valence-electron chi connectivity index (χ3n) is 13.7. The van der Waals surface area contributed by atoms with Crippen molar-refractivity contribution in [2.75, 3.05) is 0 Å². The van der Waals surface area contributed by atoms with Gasteiger partial charge in [-0.25, -0.2) is 9.97 Å². The maximum Gasteiger partial charge on any atom is 0.160 e. The summed E-state index contributed by atoms with van der Waals surface area (Å²) in [5.41, 5.74) is 18.2. The standard InChI is InChI=1S/C60H44N2/c1-4-17-40(18-5-1)42-23-14-26-47(35-42)56-39-57(62-59(61-56)41-19-6-2-7-20-41)52-32-31-48(50-27-10-11-28-51(50)52)45-24-15-25-46(36-45)49-29-16-30-54-58(49)53-37-43-21-8-9-22-44(43)38-55(53)60(54)33-12-3-13-34-60/h1-2,4-11,14-32,35-39H,3,12-13,33-34H2. The van der Waals surface area contributed by atoms with Gasteiger partial charge in [-0.05, 0) is 120 Å². The fourth-order valence-corrected chi connectivity index (χ4v) is 10.7. The molecule has 1 spiro atoms. The first kappa shape index (κ1) is 36.4. The molecule has 0 N–H and O–H groups in total. The second kappa shape index (κ2) is 14.9. The van der Waals surface area contributed by atoms with E-state index < -0.39 is 0 Å². The Morgan fingerprint density at radius 3 is 1.66 bits per heavy atom. The Bertz CT molecular complexity index is 3320. The zero-order chi connectivity index (χ0) is 41.0. The molecule has 2 nitrogen and oxygen atoms in total. The van der Waals surface area contributed by atoms with Crippen LogP contribution in [0.2, 0.25) is 0 Å². The minimum atomic E-state index is 0.0819. The lowest BCUT2D eigenvalue weighted by atomic mass is 9.67. The van der Waals surface area contributed by atoms with E-state index in [1.165, 1.54) is 98.3 Å². The maximum absolute atomic E-state index is 5.28. The normalized spacial score (nSPS) is 13.9. The van der Waals surface area contributed by atoms with Gasteiger partial charge in [0.2, 0.25) is 0 Å². The van der Waals surface area contributed by atoms with E-state index in [0.717, 1.165) is 39.0 Å². The van der Waals surface area contributed by atoms with Gasteiger partial charge in [0.05, 0.1) is 11.4 Å². The van der Waals surface area contributed by atoms with Crippen molar-refractivity contribution in [3.63, 3.8) is 0 Å². The molecule has 294 valence electrons. The molecule has 62 heavy (non-hydrogen) atoms. The van der Waals surface area contributed by atoms with Crippen LogP contribution in [-0.4, -0.2) is 9.97 Å². The van der Waals surface area contributed by atoms with Crippen molar-refractivity contribution in [3.05, 3.63) is 217 Å². The first-order chi connectivity index (χ1) is 30.7. The molecule has 0 atom stereocenters. The number of benzene rings is 9. The largest absolute Gasteiger partial charge is 0.228 e. The molecule has 0 radical (unpaired) electrons. The minimum absolute atomic E-state index is 0.0819. The van der Waals surface area contributed by atoms with E-state index in [2.05, 4.69) is 200 Å². The van der Waals surface area contributed by atoms with Crippen molar-refractivity contribution in [2.24, 2.45) is 0 Å². The van der Waals surface area contributed by atoms with Crippen LogP contribution in [0.4, 0.5) is 0 Å². The fourth-order valence-electron chi connectivity index (χ4n) is 10.7. The first-order valence-corrected chi connectivity index (χ1v) is 22.1. The molecule has 0 bridgehead atoms. The average Bonchev–Trinajstić information content (AvgIpc) is 3.60. The van der Waals surface area contributed by atoms with Gasteiger partial charge in [-0.1, -0.05) is 195 Å². The predicted molar refractivity (Wildman–Crippen MR) is 259 cm³/mol. The number of aromatic nitrogens is 2. The molecule has 10 aromatic rings. The van der Waals surface area contributed by atoms with Crippen molar-refractivity contribution in [1.82, 2.24) is 9.97 Å². The average molecular weight is 793 g/mol. The molecule has 0 unspecified atom stereocenters. The number of hydrogen-bond donors (Lipinski definition) is 0. The highest BCUT2D eigenvalue weighted by Gasteiger charge is 2.44. The Labute approximate surface area is 363 Å². The Kier molecular flexibility index (Phi) is 8.78. The van der Waals surface area contributed by atoms with Gasteiger partial charge < -0.3 is 0 Å². The van der Waals surface area contributed by atoms with Crippen molar-refractivity contribution < 1.29 is 0 Å². The lowest BCUT2D eigenvalue weighted by molar-refractivity contribution is 0.353. The van der Waals surface area contributed by atoms with Crippen LogP contribution in [0.1, 0.15) is 43.2 Å². The molecule has 2 aliphatic rings. The van der Waals surface area contributed by atoms with Crippen LogP contribution in [0.15, 0.2) is 206 Å². The van der Waals surface area contributed by atoms with E-state index in [4.69, 9.17) is 9.97 Å². The molecule has 12 rings (SSSR count). The smallest absolute Gasteiger partial charge is 0.160 e. The van der Waals surface area contributed by atoms with Crippen LogP contribution in [0.5, 0.6) is 0 Å². The predicted octanol–water partition coefficient (Wildman–Crippen LogP) is 16.0. The van der Waals surface area contributed by atoms with E-state index >= 15 is 0 Å². The SMILES string of the molecule is c1ccc(-c2cccc(-c3cc(-c4ccc(-c5cccc(-c6cccc7c6-c6cc8ccccc8cc6C76CCCCC6)c5)c5ccccc45)nc(-c4ccccc4)n3)c2)cc1. The molecule has 0 aliphatic heterocycles. The van der Waals surface area contributed by atoms with Crippen LogP contribution in [-0.2, 0) is 5.41 Å². The molecule has 1 aromatic heterocycles. The lowest BCUT2D eigenvalue weighted by Gasteiger charge is -2.36. The summed E-state index contributed by atoms with van der Waals surface area (Å²) in [7, 11) is 0. The number of rotatable bonds is 6. The Morgan fingerprint density at radius 1 is 0.323 bits per heavy atom. The quantitative estimate of drug-likeness (QED) is 0.168. The third-order valence-corrected chi connectivity index (χ3v) is 13.7. The van der Waals surface area contributed by atoms with Crippen LogP contribution < -0.4 is 0 Å². The molecule has 2 heteroatoms. The molecule has 2 aliphatic carbocycles. The molecule has 0 amide bonds. The molecule has 0 saturated heterocycles. The fraction of sp³-hybridized carbons (Fsp3) is 0.100. The van der Waals surface area contributed by atoms with Crippen molar-refractivity contribution in [3.8, 4) is 78.4 Å². The summed E-state index contributed by atoms with van der Waals surface area (Å²) in [6.07, 6.45) is 6.31. The topological polar surface area (TPSA) is 25.8 Å². The summed E-state index contributed by atoms with van der Waals surface area (Å²) < 4.78 is 0. The van der Waals surface area contributed by atoms with Gasteiger partial charge in [0.15, 0.2) is 5.82 Å². The van der Waals surface area contributed by atoms with Crippen LogP contribution in [0, 0.1) is 0 Å². The number of nitrogens with zero attached hydrogens (tertiary/aromatic N) is 2. The third kappa shape index (κ3) is 6.09. The van der Waals surface area contributed by atoms with Crippen molar-refractivity contribution >= 4 is 21.5 Å². The summed E-state index contributed by atoms with van der Waals surface area (Å²) in [5, 5.41) is 5.02. The van der Waals surface area contributed by atoms with Gasteiger partial charge in [0, 0.05) is 22.1 Å². The Morgan fingerprint density at radius 2 is 0.887 bits per heavy atom. The van der Waals surface area contributed by atoms with Gasteiger partial charge in [-0.2, -0.15) is 0 Å². The summed E-state index contributed by atoms with van der Waals surface area (Å²) in [6, 6.07) is 75.3. The van der Waals surface area contributed by atoms with Crippen molar-refractivity contribution in [2.45, 2.75) is 37.5 Å². The molecule has 1 heterocycles. The molecule has 9 aromatic carbocycles. The first-order valence-electron chi connectivity index (χ1n) is 22.1. The zero-order valence-corrected chi connectivity index (χ0v) is 34.6. The van der Waals surface area contributed by atoms with Crippen molar-refractivity contribution in [1.29, 1.82) is 0 Å². The highest BCUT2D eigenvalue weighted by Crippen LogP contribution is 2.58. The van der Waals surface area contributed by atoms with Gasteiger partial charge >= 0.3 is 0 Å². The van der Waals surface area contributed by atoms with Gasteiger partial charge in [-0.3, -0.25) is 0 Å². The summed E-state index contributed by atoms with van der Waals surface area (Å²) >= 11 is 0. The van der Waals surface area contributed by atoms with E-state index in [9.17, 15) is 0 Å². The second-order valence-electron chi connectivity index (χ2n) is 17.2. The number of fused-ring (bicyclic) bond motifs is 7. The maximum atomic E-state index is 5.28. The van der Waals surface area contributed by atoms with Gasteiger partial charge in [-0.15, -0.1) is 0 Å². The Hall–Kier alpha value is -7.42. The monoisotopic (exact) mass is 792 g/mol. The van der Waals surface area contributed by atoms with E-state index in [-0.39, 0.29) is 5.41 Å². The molecular weight excluding hydrogens is 749 g/mol.